The first kappa shape index (κ1) is 18.7. The van der Waals surface area contributed by atoms with E-state index in [1.165, 1.54) is 5.56 Å². The zero-order valence-electron chi connectivity index (χ0n) is 16.1. The predicted octanol–water partition coefficient (Wildman–Crippen LogP) is 3.32. The average Bonchev–Trinajstić information content (AvgIpc) is 2.74. The van der Waals surface area contributed by atoms with E-state index in [0.29, 0.717) is 13.1 Å². The van der Waals surface area contributed by atoms with Crippen molar-refractivity contribution >= 4 is 23.2 Å². The van der Waals surface area contributed by atoms with Gasteiger partial charge in [-0.2, -0.15) is 0 Å². The Bertz CT molecular complexity index is 837. The minimum Gasteiger partial charge on any atom is -0.326 e. The van der Waals surface area contributed by atoms with Crippen LogP contribution in [0.15, 0.2) is 54.6 Å². The summed E-state index contributed by atoms with van der Waals surface area (Å²) >= 11 is 0. The Labute approximate surface area is 166 Å². The molecule has 5 nitrogen and oxygen atoms in total. The first-order valence-electron chi connectivity index (χ1n) is 10.2. The van der Waals surface area contributed by atoms with Crippen LogP contribution in [0.2, 0.25) is 0 Å². The number of nitrogens with one attached hydrogen (secondary N) is 1. The van der Waals surface area contributed by atoms with Gasteiger partial charge in [0.2, 0.25) is 11.8 Å². The molecule has 2 heterocycles. The Morgan fingerprint density at radius 3 is 2.61 bits per heavy atom. The third kappa shape index (κ3) is 4.25. The largest absolute Gasteiger partial charge is 0.326 e. The first-order valence-corrected chi connectivity index (χ1v) is 10.2. The van der Waals surface area contributed by atoms with E-state index in [4.69, 9.17) is 0 Å². The predicted molar refractivity (Wildman–Crippen MR) is 111 cm³/mol. The summed E-state index contributed by atoms with van der Waals surface area (Å²) in [5.74, 6) is 0.110. The van der Waals surface area contributed by atoms with Crippen LogP contribution in [0, 0.1) is 5.92 Å². The third-order valence-electron chi connectivity index (χ3n) is 5.69. The Morgan fingerprint density at radius 2 is 1.75 bits per heavy atom. The minimum absolute atomic E-state index is 0.0478. The van der Waals surface area contributed by atoms with Gasteiger partial charge in [-0.05, 0) is 56.0 Å². The van der Waals surface area contributed by atoms with Crippen molar-refractivity contribution < 1.29 is 9.59 Å². The maximum absolute atomic E-state index is 13.0. The van der Waals surface area contributed by atoms with Crippen molar-refractivity contribution in [1.29, 1.82) is 0 Å². The van der Waals surface area contributed by atoms with Gasteiger partial charge in [0.1, 0.15) is 0 Å². The van der Waals surface area contributed by atoms with Gasteiger partial charge in [-0.25, -0.2) is 0 Å². The summed E-state index contributed by atoms with van der Waals surface area (Å²) in [6.45, 7) is 2.67. The molecule has 28 heavy (non-hydrogen) atoms. The Hall–Kier alpha value is -2.66. The smallest absolute Gasteiger partial charge is 0.241 e. The summed E-state index contributed by atoms with van der Waals surface area (Å²) in [7, 11) is 0. The fraction of sp³-hybridized carbons (Fsp3) is 0.391. The molecule has 2 aliphatic heterocycles. The summed E-state index contributed by atoms with van der Waals surface area (Å²) in [5.41, 5.74) is 3.13. The monoisotopic (exact) mass is 377 g/mol. The Kier molecular flexibility index (Phi) is 5.72. The van der Waals surface area contributed by atoms with Crippen LogP contribution in [0.3, 0.4) is 0 Å². The number of carbonyl (C=O) groups excluding carboxylic acids is 2. The number of fused-ring (bicyclic) bond motifs is 1. The number of carbonyl (C=O) groups is 2. The first-order chi connectivity index (χ1) is 13.7. The second-order valence-corrected chi connectivity index (χ2v) is 7.71. The van der Waals surface area contributed by atoms with E-state index >= 15 is 0 Å². The van der Waals surface area contributed by atoms with Crippen molar-refractivity contribution in [3.05, 3.63) is 60.2 Å². The number of para-hydroxylation sites is 2. The number of rotatable bonds is 4. The molecule has 0 saturated carbocycles. The highest BCUT2D eigenvalue weighted by atomic mass is 16.2. The second kappa shape index (κ2) is 8.57. The van der Waals surface area contributed by atoms with Crippen molar-refractivity contribution in [2.45, 2.75) is 25.7 Å². The van der Waals surface area contributed by atoms with E-state index in [-0.39, 0.29) is 17.7 Å². The molecule has 0 bridgehead atoms. The lowest BCUT2D eigenvalue weighted by Gasteiger charge is -2.35. The molecule has 5 heteroatoms. The highest BCUT2D eigenvalue weighted by Crippen LogP contribution is 2.27. The molecule has 2 aromatic carbocycles. The van der Waals surface area contributed by atoms with Crippen LogP contribution in [-0.4, -0.2) is 42.9 Å². The van der Waals surface area contributed by atoms with E-state index in [9.17, 15) is 9.59 Å². The van der Waals surface area contributed by atoms with Crippen molar-refractivity contribution in [3.8, 4) is 0 Å². The molecule has 0 aliphatic carbocycles. The molecule has 2 aliphatic rings. The molecule has 2 aromatic rings. The second-order valence-electron chi connectivity index (χ2n) is 7.71. The van der Waals surface area contributed by atoms with Crippen LogP contribution in [0.1, 0.15) is 24.8 Å². The standard InChI is InChI=1S/C23H27N3O2/c27-22(26-15-7-9-18-8-4-5-13-21(18)26)17-25-14-6-10-19(16-25)23(28)24-20-11-2-1-3-12-20/h1-5,8,11-13,19H,6-7,9-10,14-17H2,(H,24,28). The lowest BCUT2D eigenvalue weighted by Crippen LogP contribution is -2.47. The van der Waals surface area contributed by atoms with Crippen molar-refractivity contribution in [2.24, 2.45) is 5.92 Å². The van der Waals surface area contributed by atoms with Gasteiger partial charge in [0.25, 0.3) is 0 Å². The van der Waals surface area contributed by atoms with Crippen LogP contribution in [0.4, 0.5) is 11.4 Å². The van der Waals surface area contributed by atoms with Gasteiger partial charge in [0.15, 0.2) is 0 Å². The van der Waals surface area contributed by atoms with Crippen LogP contribution in [0.25, 0.3) is 0 Å². The van der Waals surface area contributed by atoms with Gasteiger partial charge in [-0.3, -0.25) is 14.5 Å². The molecular formula is C23H27N3O2. The van der Waals surface area contributed by atoms with E-state index in [1.807, 2.05) is 53.4 Å². The molecule has 0 aromatic heterocycles. The third-order valence-corrected chi connectivity index (χ3v) is 5.69. The lowest BCUT2D eigenvalue weighted by molar-refractivity contribution is -0.124. The van der Waals surface area contributed by atoms with Gasteiger partial charge < -0.3 is 10.2 Å². The lowest BCUT2D eigenvalue weighted by atomic mass is 9.96. The summed E-state index contributed by atoms with van der Waals surface area (Å²) in [6, 6.07) is 17.7. The summed E-state index contributed by atoms with van der Waals surface area (Å²) in [4.78, 5) is 29.7. The van der Waals surface area contributed by atoms with Crippen LogP contribution < -0.4 is 10.2 Å². The van der Waals surface area contributed by atoms with Crippen LogP contribution in [-0.2, 0) is 16.0 Å². The van der Waals surface area contributed by atoms with E-state index < -0.39 is 0 Å². The quantitative estimate of drug-likeness (QED) is 0.889. The maximum Gasteiger partial charge on any atom is 0.241 e. The fourth-order valence-electron chi connectivity index (χ4n) is 4.25. The van der Waals surface area contributed by atoms with E-state index in [2.05, 4.69) is 16.3 Å². The van der Waals surface area contributed by atoms with Gasteiger partial charge in [-0.1, -0.05) is 36.4 Å². The zero-order valence-corrected chi connectivity index (χ0v) is 16.1. The van der Waals surface area contributed by atoms with E-state index in [0.717, 1.165) is 50.1 Å². The number of anilines is 2. The van der Waals surface area contributed by atoms with Crippen LogP contribution >= 0.6 is 0 Å². The number of amides is 2. The van der Waals surface area contributed by atoms with Crippen molar-refractivity contribution in [3.63, 3.8) is 0 Å². The topological polar surface area (TPSA) is 52.7 Å². The van der Waals surface area contributed by atoms with Gasteiger partial charge >= 0.3 is 0 Å². The molecule has 4 rings (SSSR count). The number of aryl methyl sites for hydroxylation is 1. The van der Waals surface area contributed by atoms with Crippen molar-refractivity contribution in [2.75, 3.05) is 36.4 Å². The summed E-state index contributed by atoms with van der Waals surface area (Å²) in [5, 5.41) is 3.00. The zero-order chi connectivity index (χ0) is 19.3. The molecular weight excluding hydrogens is 350 g/mol. The summed E-state index contributed by atoms with van der Waals surface area (Å²) in [6.07, 6.45) is 3.85. The Morgan fingerprint density at radius 1 is 0.964 bits per heavy atom. The normalized spacial score (nSPS) is 19.7. The number of hydrogen-bond donors (Lipinski definition) is 1. The Balaban J connectivity index is 1.36. The number of nitrogens with zero attached hydrogens (tertiary/aromatic N) is 2. The highest BCUT2D eigenvalue weighted by Gasteiger charge is 2.29. The molecule has 1 atom stereocenters. The van der Waals surface area contributed by atoms with Crippen molar-refractivity contribution in [1.82, 2.24) is 4.90 Å². The van der Waals surface area contributed by atoms with Gasteiger partial charge in [0, 0.05) is 24.5 Å². The van der Waals surface area contributed by atoms with E-state index in [1.54, 1.807) is 0 Å². The summed E-state index contributed by atoms with van der Waals surface area (Å²) < 4.78 is 0. The molecule has 2 amide bonds. The number of hydrogen-bond acceptors (Lipinski definition) is 3. The highest BCUT2D eigenvalue weighted by molar-refractivity contribution is 5.96. The maximum atomic E-state index is 13.0. The SMILES string of the molecule is O=C(Nc1ccccc1)C1CCCN(CC(=O)N2CCCc3ccccc32)C1. The molecule has 1 fully saturated rings. The number of benzene rings is 2. The molecule has 0 radical (unpaired) electrons. The molecule has 146 valence electrons. The molecule has 1 unspecified atom stereocenters. The number of piperidine rings is 1. The number of likely N-dealkylation sites (tertiary alicyclic amines) is 1. The minimum atomic E-state index is -0.0737. The average molecular weight is 377 g/mol. The molecule has 1 saturated heterocycles. The van der Waals surface area contributed by atoms with Gasteiger partial charge in [0.05, 0.1) is 12.5 Å². The fourth-order valence-corrected chi connectivity index (χ4v) is 4.25. The molecule has 0 spiro atoms. The van der Waals surface area contributed by atoms with Crippen LogP contribution in [0.5, 0.6) is 0 Å². The molecule has 1 N–H and O–H groups in total. The van der Waals surface area contributed by atoms with Gasteiger partial charge in [-0.15, -0.1) is 0 Å².